The smallest absolute Gasteiger partial charge is 0.308 e. The quantitative estimate of drug-likeness (QED) is 0.422. The predicted molar refractivity (Wildman–Crippen MR) is 102 cm³/mol. The Morgan fingerprint density at radius 1 is 1.07 bits per heavy atom. The lowest BCUT2D eigenvalue weighted by Crippen LogP contribution is -2.68. The summed E-state index contributed by atoms with van der Waals surface area (Å²) in [4.78, 5) is 24.4. The van der Waals surface area contributed by atoms with E-state index in [2.05, 4.69) is 31.2 Å². The monoisotopic (exact) mass is 386 g/mol. The first-order chi connectivity index (χ1) is 13.6. The first-order valence-corrected chi connectivity index (χ1v) is 10.9. The Morgan fingerprint density at radius 2 is 1.93 bits per heavy atom. The van der Waals surface area contributed by atoms with Crippen molar-refractivity contribution in [3.8, 4) is 0 Å². The molecule has 5 fully saturated rings. The first-order valence-electron chi connectivity index (χ1n) is 10.9. The first kappa shape index (κ1) is 18.6. The van der Waals surface area contributed by atoms with Crippen LogP contribution in [-0.4, -0.2) is 23.6 Å². The average molecular weight is 386 g/mol. The highest BCUT2D eigenvalue weighted by Gasteiger charge is 2.69. The third-order valence-electron chi connectivity index (χ3n) is 7.51. The van der Waals surface area contributed by atoms with E-state index in [1.54, 1.807) is 0 Å². The Hall–Kier alpha value is -1.43. The van der Waals surface area contributed by atoms with Crippen molar-refractivity contribution in [3.05, 3.63) is 35.9 Å². The zero-order chi connectivity index (χ0) is 19.2. The fraction of sp³-hybridized carbons (Fsp3) is 0.696. The van der Waals surface area contributed by atoms with E-state index in [-0.39, 0.29) is 11.9 Å². The van der Waals surface area contributed by atoms with Crippen LogP contribution in [-0.2, 0) is 30.5 Å². The number of aryl methyl sites for hydroxylation is 1. The fourth-order valence-electron chi connectivity index (χ4n) is 5.96. The average Bonchev–Trinajstić information content (AvgIpc) is 2.95. The Morgan fingerprint density at radius 3 is 2.79 bits per heavy atom. The molecule has 6 atom stereocenters. The predicted octanol–water partition coefficient (Wildman–Crippen LogP) is 4.54. The molecule has 0 radical (unpaired) electrons. The molecule has 5 nitrogen and oxygen atoms in total. The zero-order valence-corrected chi connectivity index (χ0v) is 16.6. The van der Waals surface area contributed by atoms with Gasteiger partial charge in [0, 0.05) is 24.7 Å². The number of benzene rings is 1. The lowest BCUT2D eigenvalue weighted by Gasteiger charge is -2.56. The summed E-state index contributed by atoms with van der Waals surface area (Å²) in [5, 5.41) is 0. The Balaban J connectivity index is 1.30. The van der Waals surface area contributed by atoms with Gasteiger partial charge in [0.05, 0.1) is 6.42 Å². The topological polar surface area (TPSA) is 54.0 Å². The summed E-state index contributed by atoms with van der Waals surface area (Å²) in [6.07, 6.45) is 7.54. The Kier molecular flexibility index (Phi) is 4.73. The van der Waals surface area contributed by atoms with Gasteiger partial charge >= 0.3 is 5.97 Å². The van der Waals surface area contributed by atoms with Crippen LogP contribution in [0.5, 0.6) is 0 Å². The van der Waals surface area contributed by atoms with Crippen LogP contribution in [0.1, 0.15) is 63.9 Å². The molecule has 152 valence electrons. The summed E-state index contributed by atoms with van der Waals surface area (Å²) in [6.45, 7) is 2.29. The van der Waals surface area contributed by atoms with Crippen LogP contribution >= 0.6 is 0 Å². The van der Waals surface area contributed by atoms with Gasteiger partial charge in [-0.3, -0.25) is 4.79 Å². The number of unbranched alkanes of at least 4 members (excludes halogenated alkanes) is 1. The van der Waals surface area contributed by atoms with Crippen LogP contribution < -0.4 is 0 Å². The molecule has 0 unspecified atom stereocenters. The molecule has 6 rings (SSSR count). The van der Waals surface area contributed by atoms with Crippen LogP contribution in [0, 0.1) is 17.8 Å². The molecule has 4 saturated heterocycles. The summed E-state index contributed by atoms with van der Waals surface area (Å²) in [5.74, 6) is 0.0254. The van der Waals surface area contributed by atoms with Gasteiger partial charge in [0.15, 0.2) is 5.60 Å². The Labute approximate surface area is 166 Å². The molecule has 0 amide bonds. The highest BCUT2D eigenvalue weighted by atomic mass is 17.3. The molecule has 4 aliphatic heterocycles. The molecule has 1 saturated carbocycles. The van der Waals surface area contributed by atoms with E-state index in [9.17, 15) is 4.79 Å². The van der Waals surface area contributed by atoms with Crippen molar-refractivity contribution in [3.63, 3.8) is 0 Å². The normalized spacial score (nSPS) is 41.8. The molecular formula is C23H30O5. The van der Waals surface area contributed by atoms with Crippen LogP contribution in [0.4, 0.5) is 0 Å². The summed E-state index contributed by atoms with van der Waals surface area (Å²) in [5.41, 5.74) is 0.737. The molecule has 5 aliphatic rings. The maximum atomic E-state index is 12.2. The van der Waals surface area contributed by atoms with E-state index in [1.807, 2.05) is 6.07 Å². The highest BCUT2D eigenvalue weighted by molar-refractivity contribution is 5.71. The highest BCUT2D eigenvalue weighted by Crippen LogP contribution is 2.59. The van der Waals surface area contributed by atoms with Crippen LogP contribution in [0.3, 0.4) is 0 Å². The van der Waals surface area contributed by atoms with Crippen molar-refractivity contribution < 1.29 is 24.0 Å². The number of hydrogen-bond acceptors (Lipinski definition) is 5. The minimum atomic E-state index is -0.786. The largest absolute Gasteiger partial charge is 0.432 e. The molecule has 1 spiro atoms. The van der Waals surface area contributed by atoms with Gasteiger partial charge in [0.25, 0.3) is 0 Å². The van der Waals surface area contributed by atoms with Crippen LogP contribution in [0.2, 0.25) is 0 Å². The number of ether oxygens (including phenoxy) is 2. The van der Waals surface area contributed by atoms with Gasteiger partial charge < -0.3 is 9.47 Å². The van der Waals surface area contributed by atoms with E-state index in [0.29, 0.717) is 18.3 Å². The van der Waals surface area contributed by atoms with E-state index in [1.165, 1.54) is 5.56 Å². The van der Waals surface area contributed by atoms with Gasteiger partial charge in [-0.2, -0.15) is 0 Å². The summed E-state index contributed by atoms with van der Waals surface area (Å²) in [6, 6.07) is 10.5. The van der Waals surface area contributed by atoms with Gasteiger partial charge in [-0.15, -0.1) is 0 Å². The van der Waals surface area contributed by atoms with Gasteiger partial charge in [-0.25, -0.2) is 9.78 Å². The molecule has 28 heavy (non-hydrogen) atoms. The molecule has 1 aliphatic carbocycles. The Bertz CT molecular complexity index is 717. The molecule has 0 N–H and O–H groups in total. The van der Waals surface area contributed by atoms with Crippen molar-refractivity contribution >= 4 is 5.97 Å². The number of esters is 1. The minimum absolute atomic E-state index is 0.133. The van der Waals surface area contributed by atoms with E-state index in [4.69, 9.17) is 19.2 Å². The molecule has 2 bridgehead atoms. The molecule has 0 aromatic heterocycles. The van der Waals surface area contributed by atoms with Crippen LogP contribution in [0.15, 0.2) is 30.3 Å². The lowest BCUT2D eigenvalue weighted by molar-refractivity contribution is -0.561. The maximum Gasteiger partial charge on any atom is 0.308 e. The van der Waals surface area contributed by atoms with E-state index < -0.39 is 17.7 Å². The number of fused-ring (bicyclic) bond motifs is 2. The number of carbonyl (C=O) groups is 1. The second-order valence-corrected chi connectivity index (χ2v) is 9.16. The van der Waals surface area contributed by atoms with Crippen molar-refractivity contribution in [1.82, 2.24) is 0 Å². The van der Waals surface area contributed by atoms with Crippen molar-refractivity contribution in [2.45, 2.75) is 82.4 Å². The van der Waals surface area contributed by atoms with Gasteiger partial charge in [0.1, 0.15) is 0 Å². The molecule has 5 heteroatoms. The molecule has 1 aromatic carbocycles. The van der Waals surface area contributed by atoms with Crippen molar-refractivity contribution in [1.29, 1.82) is 0 Å². The summed E-state index contributed by atoms with van der Waals surface area (Å²) < 4.78 is 12.1. The number of carbonyl (C=O) groups excluding carboxylic acids is 1. The second kappa shape index (κ2) is 7.12. The summed E-state index contributed by atoms with van der Waals surface area (Å²) >= 11 is 0. The standard InChI is InChI=1S/C23H30O5/c1-16-10-11-18-15-20(24)25-21-23(18)19(16)12-14-22(26-21,27-28-23)13-6-5-9-17-7-3-2-4-8-17/h2-4,7-8,16,18-19,21H,5-6,9-15H2,1H3/t16-,18+,19+,21-,22-,23+/m1/s1. The zero-order valence-electron chi connectivity index (χ0n) is 16.6. The summed E-state index contributed by atoms with van der Waals surface area (Å²) in [7, 11) is 0. The maximum absolute atomic E-state index is 12.2. The van der Waals surface area contributed by atoms with Crippen molar-refractivity contribution in [2.75, 3.05) is 0 Å². The van der Waals surface area contributed by atoms with Gasteiger partial charge in [-0.1, -0.05) is 37.3 Å². The molecule has 4 heterocycles. The third kappa shape index (κ3) is 2.99. The van der Waals surface area contributed by atoms with Crippen molar-refractivity contribution in [2.24, 2.45) is 17.8 Å². The third-order valence-corrected chi connectivity index (χ3v) is 7.51. The second-order valence-electron chi connectivity index (χ2n) is 9.16. The van der Waals surface area contributed by atoms with Gasteiger partial charge in [-0.05, 0) is 50.0 Å². The fourth-order valence-corrected chi connectivity index (χ4v) is 5.96. The molecule has 1 aromatic rings. The lowest BCUT2D eigenvalue weighted by atomic mass is 9.60. The SMILES string of the molecule is C[C@@H]1CC[C@H]2CC(=O)O[C@@H]3O[C@@]4(CCCCc5ccccc5)CC[C@@H]1[C@@]23OO4. The van der Waals surface area contributed by atoms with Crippen LogP contribution in [0.25, 0.3) is 0 Å². The molecular weight excluding hydrogens is 356 g/mol. The van der Waals surface area contributed by atoms with E-state index in [0.717, 1.165) is 51.4 Å². The van der Waals surface area contributed by atoms with E-state index >= 15 is 0 Å². The minimum Gasteiger partial charge on any atom is -0.432 e. The number of hydrogen-bond donors (Lipinski definition) is 0. The number of rotatable bonds is 5. The van der Waals surface area contributed by atoms with Gasteiger partial charge in [0.2, 0.25) is 12.1 Å².